The lowest BCUT2D eigenvalue weighted by Gasteiger charge is -2.38. The predicted molar refractivity (Wildman–Crippen MR) is 88.3 cm³/mol. The van der Waals surface area contributed by atoms with Crippen LogP contribution in [0.3, 0.4) is 0 Å². The summed E-state index contributed by atoms with van der Waals surface area (Å²) in [5.41, 5.74) is 0.219. The van der Waals surface area contributed by atoms with E-state index in [1.807, 2.05) is 6.92 Å². The summed E-state index contributed by atoms with van der Waals surface area (Å²) in [6, 6.07) is 7.13. The highest BCUT2D eigenvalue weighted by molar-refractivity contribution is 5.97. The molecule has 5 nitrogen and oxygen atoms in total. The molecule has 0 aromatic heterocycles. The fraction of sp³-hybridized carbons (Fsp3) is 0.556. The number of hydrogen-bond donors (Lipinski definition) is 1. The van der Waals surface area contributed by atoms with Crippen LogP contribution in [0.4, 0.5) is 5.69 Å². The van der Waals surface area contributed by atoms with Crippen LogP contribution in [0.25, 0.3) is 0 Å². The van der Waals surface area contributed by atoms with E-state index in [9.17, 15) is 4.79 Å². The second-order valence-corrected chi connectivity index (χ2v) is 6.11. The predicted octanol–water partition coefficient (Wildman–Crippen LogP) is 3.49. The van der Waals surface area contributed by atoms with Crippen LogP contribution < -0.4 is 10.1 Å². The molecule has 1 aromatic rings. The quantitative estimate of drug-likeness (QED) is 0.902. The number of carbonyl (C=O) groups excluding carboxylic acids is 1. The van der Waals surface area contributed by atoms with Crippen molar-refractivity contribution in [3.8, 4) is 11.8 Å². The number of methoxy groups -OCH3 is 1. The second kappa shape index (κ2) is 7.47. The molecule has 0 saturated heterocycles. The number of nitrogens with one attached hydrogen (secondary N) is 1. The molecule has 1 saturated carbocycles. The van der Waals surface area contributed by atoms with Gasteiger partial charge in [-0.2, -0.15) is 5.26 Å². The smallest absolute Gasteiger partial charge is 0.256 e. The van der Waals surface area contributed by atoms with Gasteiger partial charge in [0, 0.05) is 12.3 Å². The van der Waals surface area contributed by atoms with Crippen molar-refractivity contribution in [1.29, 1.82) is 5.26 Å². The highest BCUT2D eigenvalue weighted by Crippen LogP contribution is 2.36. The van der Waals surface area contributed by atoms with Gasteiger partial charge in [-0.25, -0.2) is 0 Å². The zero-order valence-corrected chi connectivity index (χ0v) is 14.0. The number of amides is 1. The summed E-state index contributed by atoms with van der Waals surface area (Å²) in [5.74, 6) is 0.836. The topological polar surface area (TPSA) is 71.3 Å². The largest absolute Gasteiger partial charge is 0.495 e. The van der Waals surface area contributed by atoms with Crippen LogP contribution in [0, 0.1) is 17.2 Å². The van der Waals surface area contributed by atoms with Gasteiger partial charge in [-0.15, -0.1) is 0 Å². The maximum absolute atomic E-state index is 12.8. The van der Waals surface area contributed by atoms with E-state index >= 15 is 0 Å². The van der Waals surface area contributed by atoms with Gasteiger partial charge in [0.15, 0.2) is 0 Å². The van der Waals surface area contributed by atoms with Crippen LogP contribution in [-0.4, -0.2) is 25.2 Å². The average Bonchev–Trinajstić information content (AvgIpc) is 2.55. The van der Waals surface area contributed by atoms with Gasteiger partial charge in [0.1, 0.15) is 17.4 Å². The van der Waals surface area contributed by atoms with E-state index in [1.165, 1.54) is 7.11 Å². The molecule has 23 heavy (non-hydrogen) atoms. The number of hydrogen-bond acceptors (Lipinski definition) is 4. The number of nitrogens with zero attached hydrogens (tertiary/aromatic N) is 1. The van der Waals surface area contributed by atoms with E-state index in [0.29, 0.717) is 29.5 Å². The van der Waals surface area contributed by atoms with Gasteiger partial charge in [0.25, 0.3) is 5.91 Å². The van der Waals surface area contributed by atoms with Crippen molar-refractivity contribution in [1.82, 2.24) is 0 Å². The van der Waals surface area contributed by atoms with Crippen LogP contribution >= 0.6 is 0 Å². The number of carbonyl (C=O) groups is 1. The maximum atomic E-state index is 12.8. The van der Waals surface area contributed by atoms with Crippen molar-refractivity contribution in [2.75, 3.05) is 19.0 Å². The molecule has 1 N–H and O–H groups in total. The standard InChI is InChI=1S/C18H24N2O3/c1-4-23-18(9-5-6-13(2)11-18)17(21)20-15-7-8-16(22-3)14(10-15)12-19/h7-8,10,13H,4-6,9,11H2,1-3H3,(H,20,21)/t13-,18-/m1/s1. The number of rotatable bonds is 5. The number of benzene rings is 1. The first-order valence-electron chi connectivity index (χ1n) is 8.08. The molecule has 0 aliphatic heterocycles. The number of ether oxygens (including phenoxy) is 2. The first-order chi connectivity index (χ1) is 11.0. The molecule has 0 spiro atoms. The molecule has 1 amide bonds. The first kappa shape index (κ1) is 17.3. The zero-order chi connectivity index (χ0) is 16.9. The molecule has 0 heterocycles. The molecule has 0 unspecified atom stereocenters. The van der Waals surface area contributed by atoms with Crippen molar-refractivity contribution in [3.63, 3.8) is 0 Å². The molecular weight excluding hydrogens is 292 g/mol. The summed E-state index contributed by atoms with van der Waals surface area (Å²) < 4.78 is 11.0. The van der Waals surface area contributed by atoms with Crippen LogP contribution in [0.5, 0.6) is 5.75 Å². The van der Waals surface area contributed by atoms with Crippen molar-refractivity contribution < 1.29 is 14.3 Å². The van der Waals surface area contributed by atoms with Crippen molar-refractivity contribution in [2.45, 2.75) is 45.1 Å². The molecule has 1 aliphatic rings. The van der Waals surface area contributed by atoms with Gasteiger partial charge in [-0.1, -0.05) is 13.3 Å². The van der Waals surface area contributed by atoms with E-state index in [2.05, 4.69) is 18.3 Å². The third kappa shape index (κ3) is 3.83. The van der Waals surface area contributed by atoms with Crippen molar-refractivity contribution in [2.24, 2.45) is 5.92 Å². The normalized spacial score (nSPS) is 23.8. The van der Waals surface area contributed by atoms with E-state index in [1.54, 1.807) is 18.2 Å². The Hall–Kier alpha value is -2.06. The number of anilines is 1. The maximum Gasteiger partial charge on any atom is 0.256 e. The van der Waals surface area contributed by atoms with E-state index in [-0.39, 0.29) is 5.91 Å². The molecule has 1 aliphatic carbocycles. The number of nitriles is 1. The molecule has 0 bridgehead atoms. The third-order valence-electron chi connectivity index (χ3n) is 4.37. The average molecular weight is 316 g/mol. The van der Waals surface area contributed by atoms with Crippen LogP contribution in [0.2, 0.25) is 0 Å². The molecule has 124 valence electrons. The molecule has 2 rings (SSSR count). The fourth-order valence-electron chi connectivity index (χ4n) is 3.30. The Labute approximate surface area is 137 Å². The first-order valence-corrected chi connectivity index (χ1v) is 8.08. The highest BCUT2D eigenvalue weighted by Gasteiger charge is 2.42. The SMILES string of the molecule is CCO[C@]1(C(=O)Nc2ccc(OC)c(C#N)c2)CCC[C@@H](C)C1. The summed E-state index contributed by atoms with van der Waals surface area (Å²) in [5, 5.41) is 12.1. The molecule has 0 radical (unpaired) electrons. The minimum absolute atomic E-state index is 0.125. The molecule has 5 heteroatoms. The molecule has 1 aromatic carbocycles. The Morgan fingerprint density at radius 3 is 2.91 bits per heavy atom. The minimum atomic E-state index is -0.765. The molecule has 2 atom stereocenters. The fourth-order valence-corrected chi connectivity index (χ4v) is 3.30. The van der Waals surface area contributed by atoms with Crippen LogP contribution in [-0.2, 0) is 9.53 Å². The monoisotopic (exact) mass is 316 g/mol. The Kier molecular flexibility index (Phi) is 5.62. The second-order valence-electron chi connectivity index (χ2n) is 6.11. The third-order valence-corrected chi connectivity index (χ3v) is 4.37. The summed E-state index contributed by atoms with van der Waals surface area (Å²) in [4.78, 5) is 12.8. The van der Waals surface area contributed by atoms with Crippen molar-refractivity contribution >= 4 is 11.6 Å². The lowest BCUT2D eigenvalue weighted by Crippen LogP contribution is -2.48. The van der Waals surface area contributed by atoms with E-state index in [4.69, 9.17) is 14.7 Å². The van der Waals surface area contributed by atoms with Gasteiger partial charge in [-0.05, 0) is 50.3 Å². The Balaban J connectivity index is 2.20. The highest BCUT2D eigenvalue weighted by atomic mass is 16.5. The molecular formula is C18H24N2O3. The Bertz CT molecular complexity index is 605. The summed E-state index contributed by atoms with van der Waals surface area (Å²) in [7, 11) is 1.52. The van der Waals surface area contributed by atoms with Crippen LogP contribution in [0.15, 0.2) is 18.2 Å². The van der Waals surface area contributed by atoms with E-state index in [0.717, 1.165) is 25.7 Å². The molecule has 1 fully saturated rings. The van der Waals surface area contributed by atoms with Gasteiger partial charge < -0.3 is 14.8 Å². The summed E-state index contributed by atoms with van der Waals surface area (Å²) >= 11 is 0. The Morgan fingerprint density at radius 2 is 2.30 bits per heavy atom. The lowest BCUT2D eigenvalue weighted by atomic mass is 9.78. The summed E-state index contributed by atoms with van der Waals surface area (Å²) in [6.07, 6.45) is 3.58. The minimum Gasteiger partial charge on any atom is -0.495 e. The van der Waals surface area contributed by atoms with E-state index < -0.39 is 5.60 Å². The zero-order valence-electron chi connectivity index (χ0n) is 14.0. The van der Waals surface area contributed by atoms with Crippen LogP contribution in [0.1, 0.15) is 45.1 Å². The van der Waals surface area contributed by atoms with Crippen molar-refractivity contribution in [3.05, 3.63) is 23.8 Å². The van der Waals surface area contributed by atoms with Gasteiger partial charge in [0.05, 0.1) is 12.7 Å². The lowest BCUT2D eigenvalue weighted by molar-refractivity contribution is -0.147. The van der Waals surface area contributed by atoms with Gasteiger partial charge >= 0.3 is 0 Å². The summed E-state index contributed by atoms with van der Waals surface area (Å²) in [6.45, 7) is 4.57. The Morgan fingerprint density at radius 1 is 1.52 bits per heavy atom. The van der Waals surface area contributed by atoms with Gasteiger partial charge in [0.2, 0.25) is 0 Å². The van der Waals surface area contributed by atoms with Gasteiger partial charge in [-0.3, -0.25) is 4.79 Å².